The Morgan fingerprint density at radius 2 is 1.88 bits per heavy atom. The highest BCUT2D eigenvalue weighted by Crippen LogP contribution is 2.26. The highest BCUT2D eigenvalue weighted by atomic mass is 15.1. The van der Waals surface area contributed by atoms with Crippen LogP contribution in [0.3, 0.4) is 0 Å². The minimum absolute atomic E-state index is 0.638. The number of nitrogens with one attached hydrogen (secondary N) is 1. The fourth-order valence-electron chi connectivity index (χ4n) is 2.53. The van der Waals surface area contributed by atoms with E-state index in [-0.39, 0.29) is 0 Å². The van der Waals surface area contributed by atoms with Gasteiger partial charge in [-0.3, -0.25) is 0 Å². The molecule has 1 aromatic carbocycles. The van der Waals surface area contributed by atoms with Crippen LogP contribution in [-0.4, -0.2) is 22.6 Å². The van der Waals surface area contributed by atoms with Crippen molar-refractivity contribution in [1.29, 1.82) is 0 Å². The van der Waals surface area contributed by atoms with Crippen LogP contribution in [0.25, 0.3) is 5.69 Å². The quantitative estimate of drug-likeness (QED) is 0.853. The summed E-state index contributed by atoms with van der Waals surface area (Å²) in [5, 5.41) is 3.41. The van der Waals surface area contributed by atoms with Crippen LogP contribution in [-0.2, 0) is 0 Å². The maximum absolute atomic E-state index is 4.32. The Labute approximate surface area is 101 Å². The molecule has 0 unspecified atom stereocenters. The Balaban J connectivity index is 1.93. The van der Waals surface area contributed by atoms with Gasteiger partial charge in [-0.2, -0.15) is 0 Å². The molecule has 0 aliphatic carbocycles. The third-order valence-electron chi connectivity index (χ3n) is 3.46. The lowest BCUT2D eigenvalue weighted by Crippen LogP contribution is -2.27. The molecule has 0 saturated carbocycles. The molecular weight excluding hydrogens is 210 g/mol. The van der Waals surface area contributed by atoms with Gasteiger partial charge < -0.3 is 9.88 Å². The van der Waals surface area contributed by atoms with E-state index in [1.807, 2.05) is 18.6 Å². The number of nitrogens with zero attached hydrogens (tertiary/aromatic N) is 2. The summed E-state index contributed by atoms with van der Waals surface area (Å²) < 4.78 is 2.22. The highest BCUT2D eigenvalue weighted by Gasteiger charge is 2.19. The molecule has 0 atom stereocenters. The molecule has 3 heteroatoms. The monoisotopic (exact) mass is 227 g/mol. The van der Waals surface area contributed by atoms with E-state index in [4.69, 9.17) is 0 Å². The number of piperidine rings is 1. The molecular formula is C14H17N3. The van der Waals surface area contributed by atoms with Crippen molar-refractivity contribution in [3.63, 3.8) is 0 Å². The number of hydrogen-bond acceptors (Lipinski definition) is 2. The molecule has 3 nitrogen and oxygen atoms in total. The lowest BCUT2D eigenvalue weighted by molar-refractivity contribution is 0.449. The number of hydrogen-bond donors (Lipinski definition) is 1. The van der Waals surface area contributed by atoms with Crippen LogP contribution >= 0.6 is 0 Å². The van der Waals surface area contributed by atoms with Crippen molar-refractivity contribution in [2.75, 3.05) is 13.1 Å². The van der Waals surface area contributed by atoms with Crippen LogP contribution in [0.4, 0.5) is 0 Å². The fraction of sp³-hybridized carbons (Fsp3) is 0.357. The molecule has 2 heterocycles. The second-order valence-electron chi connectivity index (χ2n) is 4.55. The molecule has 1 aliphatic heterocycles. The normalized spacial score (nSPS) is 17.2. The van der Waals surface area contributed by atoms with Crippen LogP contribution in [0.5, 0.6) is 0 Å². The second kappa shape index (κ2) is 4.72. The second-order valence-corrected chi connectivity index (χ2v) is 4.55. The van der Waals surface area contributed by atoms with Crippen molar-refractivity contribution < 1.29 is 0 Å². The van der Waals surface area contributed by atoms with Gasteiger partial charge >= 0.3 is 0 Å². The summed E-state index contributed by atoms with van der Waals surface area (Å²) in [5.41, 5.74) is 2.55. The zero-order valence-electron chi connectivity index (χ0n) is 9.84. The summed E-state index contributed by atoms with van der Waals surface area (Å²) in [7, 11) is 0. The third-order valence-corrected chi connectivity index (χ3v) is 3.46. The van der Waals surface area contributed by atoms with E-state index in [0.29, 0.717) is 5.92 Å². The van der Waals surface area contributed by atoms with Crippen LogP contribution in [0, 0.1) is 0 Å². The Morgan fingerprint density at radius 3 is 2.65 bits per heavy atom. The molecule has 2 aromatic rings. The molecule has 1 aromatic heterocycles. The van der Waals surface area contributed by atoms with Crippen LogP contribution in [0.2, 0.25) is 0 Å². The first-order valence-corrected chi connectivity index (χ1v) is 6.23. The van der Waals surface area contributed by atoms with Gasteiger partial charge in [-0.05, 0) is 38.1 Å². The summed E-state index contributed by atoms with van der Waals surface area (Å²) in [4.78, 5) is 4.32. The first-order valence-electron chi connectivity index (χ1n) is 6.23. The predicted molar refractivity (Wildman–Crippen MR) is 68.4 cm³/mol. The van der Waals surface area contributed by atoms with Crippen molar-refractivity contribution in [3.05, 3.63) is 48.5 Å². The maximum atomic E-state index is 4.32. The molecule has 0 bridgehead atoms. The number of imidazole rings is 1. The van der Waals surface area contributed by atoms with Gasteiger partial charge in [0.05, 0.1) is 6.33 Å². The van der Waals surface area contributed by atoms with Crippen LogP contribution in [0.1, 0.15) is 24.5 Å². The standard InChI is InChI=1S/C14H17N3/c1-2-4-13(5-3-1)17-11-16-10-14(17)12-6-8-15-9-7-12/h1-5,10-12,15H,6-9H2. The molecule has 1 saturated heterocycles. The molecule has 1 aliphatic rings. The SMILES string of the molecule is c1ccc(-n2cncc2C2CCNCC2)cc1. The van der Waals surface area contributed by atoms with Gasteiger partial charge in [0.25, 0.3) is 0 Å². The molecule has 3 rings (SSSR count). The highest BCUT2D eigenvalue weighted by molar-refractivity contribution is 5.34. The lowest BCUT2D eigenvalue weighted by atomic mass is 9.95. The average Bonchev–Trinajstić information content (AvgIpc) is 2.90. The van der Waals surface area contributed by atoms with E-state index in [2.05, 4.69) is 39.1 Å². The van der Waals surface area contributed by atoms with Gasteiger partial charge in [-0.25, -0.2) is 4.98 Å². The Bertz CT molecular complexity index is 469. The van der Waals surface area contributed by atoms with E-state index >= 15 is 0 Å². The van der Waals surface area contributed by atoms with Crippen molar-refractivity contribution in [1.82, 2.24) is 14.9 Å². The topological polar surface area (TPSA) is 29.9 Å². The predicted octanol–water partition coefficient (Wildman–Crippen LogP) is 2.34. The van der Waals surface area contributed by atoms with E-state index in [0.717, 1.165) is 13.1 Å². The Morgan fingerprint density at radius 1 is 1.12 bits per heavy atom. The minimum atomic E-state index is 0.638. The zero-order valence-corrected chi connectivity index (χ0v) is 9.84. The summed E-state index contributed by atoms with van der Waals surface area (Å²) >= 11 is 0. The average molecular weight is 227 g/mol. The largest absolute Gasteiger partial charge is 0.317 e. The minimum Gasteiger partial charge on any atom is -0.317 e. The molecule has 0 radical (unpaired) electrons. The Kier molecular flexibility index (Phi) is 2.92. The van der Waals surface area contributed by atoms with Crippen molar-refractivity contribution >= 4 is 0 Å². The van der Waals surface area contributed by atoms with E-state index in [9.17, 15) is 0 Å². The molecule has 88 valence electrons. The van der Waals surface area contributed by atoms with E-state index < -0.39 is 0 Å². The van der Waals surface area contributed by atoms with Crippen molar-refractivity contribution in [2.24, 2.45) is 0 Å². The van der Waals surface area contributed by atoms with Crippen molar-refractivity contribution in [2.45, 2.75) is 18.8 Å². The Hall–Kier alpha value is -1.61. The fourth-order valence-corrected chi connectivity index (χ4v) is 2.53. The number of rotatable bonds is 2. The first kappa shape index (κ1) is 10.5. The van der Waals surface area contributed by atoms with E-state index in [1.165, 1.54) is 24.2 Å². The molecule has 17 heavy (non-hydrogen) atoms. The zero-order chi connectivity index (χ0) is 11.5. The summed E-state index contributed by atoms with van der Waals surface area (Å²) in [6, 6.07) is 10.5. The lowest BCUT2D eigenvalue weighted by Gasteiger charge is -2.23. The van der Waals surface area contributed by atoms with Gasteiger partial charge in [0.1, 0.15) is 0 Å². The first-order chi connectivity index (χ1) is 8.45. The molecule has 1 N–H and O–H groups in total. The van der Waals surface area contributed by atoms with Gasteiger partial charge in [0.2, 0.25) is 0 Å². The third kappa shape index (κ3) is 2.11. The number of benzene rings is 1. The van der Waals surface area contributed by atoms with Gasteiger partial charge in [0.15, 0.2) is 0 Å². The van der Waals surface area contributed by atoms with E-state index in [1.54, 1.807) is 0 Å². The smallest absolute Gasteiger partial charge is 0.0994 e. The maximum Gasteiger partial charge on any atom is 0.0994 e. The number of aromatic nitrogens is 2. The van der Waals surface area contributed by atoms with Gasteiger partial charge in [-0.1, -0.05) is 18.2 Å². The summed E-state index contributed by atoms with van der Waals surface area (Å²) in [6.45, 7) is 2.23. The van der Waals surface area contributed by atoms with Gasteiger partial charge in [-0.15, -0.1) is 0 Å². The molecule has 0 spiro atoms. The summed E-state index contributed by atoms with van der Waals surface area (Å²) in [5.74, 6) is 0.638. The van der Waals surface area contributed by atoms with Crippen LogP contribution in [0.15, 0.2) is 42.9 Å². The number of para-hydroxylation sites is 1. The molecule has 0 amide bonds. The summed E-state index contributed by atoms with van der Waals surface area (Å²) in [6.07, 6.45) is 6.35. The van der Waals surface area contributed by atoms with Gasteiger partial charge in [0, 0.05) is 23.5 Å². The van der Waals surface area contributed by atoms with Crippen LogP contribution < -0.4 is 5.32 Å². The van der Waals surface area contributed by atoms with Crippen molar-refractivity contribution in [3.8, 4) is 5.69 Å². The molecule has 1 fully saturated rings.